The molecule has 1 saturated heterocycles. The molecule has 0 radical (unpaired) electrons. The molecule has 0 aliphatic carbocycles. The Kier molecular flexibility index (Phi) is 7.20. The average Bonchev–Trinajstić information content (AvgIpc) is 3.09. The molecule has 164 valence electrons. The maximum absolute atomic E-state index is 12.7. The minimum atomic E-state index is -0.516. The average molecular weight is 419 g/mol. The summed E-state index contributed by atoms with van der Waals surface area (Å²) in [5.41, 5.74) is 1.29. The van der Waals surface area contributed by atoms with Crippen molar-refractivity contribution in [3.05, 3.63) is 17.8 Å². The van der Waals surface area contributed by atoms with Crippen LogP contribution >= 0.6 is 0 Å². The van der Waals surface area contributed by atoms with E-state index in [0.29, 0.717) is 34.5 Å². The quantitative estimate of drug-likeness (QED) is 0.570. The standard InChI is InChI=1S/C22H31N3O5/c1-5-30-22(27)21-20(15-12-17(28-3)18(29-4)13-16(15)23-21)24-19(26)8-11-25-9-6-14(2)7-10-25/h12-14,23H,5-11H2,1-4H3,(H,24,26)/p+1. The molecule has 8 nitrogen and oxygen atoms in total. The van der Waals surface area contributed by atoms with Gasteiger partial charge in [-0.2, -0.15) is 0 Å². The number of anilines is 1. The van der Waals surface area contributed by atoms with Gasteiger partial charge in [0.2, 0.25) is 5.91 Å². The van der Waals surface area contributed by atoms with Gasteiger partial charge in [0.1, 0.15) is 5.69 Å². The van der Waals surface area contributed by atoms with Crippen LogP contribution in [0.25, 0.3) is 10.9 Å². The number of aromatic amines is 1. The summed E-state index contributed by atoms with van der Waals surface area (Å²) in [5, 5.41) is 3.60. The molecular weight excluding hydrogens is 386 g/mol. The van der Waals surface area contributed by atoms with Crippen LogP contribution in [0.3, 0.4) is 0 Å². The van der Waals surface area contributed by atoms with E-state index in [2.05, 4.69) is 17.2 Å². The molecule has 1 aromatic carbocycles. The van der Waals surface area contributed by atoms with Crippen LogP contribution in [-0.2, 0) is 9.53 Å². The van der Waals surface area contributed by atoms with Gasteiger partial charge < -0.3 is 29.4 Å². The largest absolute Gasteiger partial charge is 0.493 e. The molecule has 0 atom stereocenters. The molecule has 1 aliphatic heterocycles. The van der Waals surface area contributed by atoms with Gasteiger partial charge in [-0.15, -0.1) is 0 Å². The number of amides is 1. The summed E-state index contributed by atoms with van der Waals surface area (Å²) in [5.74, 6) is 1.18. The highest BCUT2D eigenvalue weighted by Crippen LogP contribution is 2.37. The van der Waals surface area contributed by atoms with Gasteiger partial charge in [0.25, 0.3) is 0 Å². The van der Waals surface area contributed by atoms with E-state index in [1.165, 1.54) is 17.7 Å². The molecule has 1 fully saturated rings. The monoisotopic (exact) mass is 418 g/mol. The molecule has 1 amide bonds. The maximum Gasteiger partial charge on any atom is 0.356 e. The number of rotatable bonds is 8. The minimum absolute atomic E-state index is 0.123. The zero-order chi connectivity index (χ0) is 21.7. The highest BCUT2D eigenvalue weighted by atomic mass is 16.5. The zero-order valence-electron chi connectivity index (χ0n) is 18.2. The molecule has 3 N–H and O–H groups in total. The number of hydrogen-bond acceptors (Lipinski definition) is 5. The lowest BCUT2D eigenvalue weighted by Gasteiger charge is -2.27. The van der Waals surface area contributed by atoms with Gasteiger partial charge in [0.05, 0.1) is 58.1 Å². The number of quaternary nitrogens is 1. The number of aromatic nitrogens is 1. The highest BCUT2D eigenvalue weighted by Gasteiger charge is 2.24. The van der Waals surface area contributed by atoms with Gasteiger partial charge in [-0.05, 0) is 31.7 Å². The summed E-state index contributed by atoms with van der Waals surface area (Å²) in [6.07, 6.45) is 2.80. The number of benzene rings is 1. The summed E-state index contributed by atoms with van der Waals surface area (Å²) < 4.78 is 15.9. The smallest absolute Gasteiger partial charge is 0.356 e. The molecule has 2 aromatic rings. The Morgan fingerprint density at radius 1 is 1.17 bits per heavy atom. The number of nitrogens with one attached hydrogen (secondary N) is 3. The molecule has 1 aromatic heterocycles. The second kappa shape index (κ2) is 9.84. The summed E-state index contributed by atoms with van der Waals surface area (Å²) >= 11 is 0. The maximum atomic E-state index is 12.7. The number of esters is 1. The molecule has 1 aliphatic rings. The van der Waals surface area contributed by atoms with Crippen molar-refractivity contribution in [1.29, 1.82) is 0 Å². The molecule has 0 saturated carbocycles. The molecule has 30 heavy (non-hydrogen) atoms. The molecule has 2 heterocycles. The van der Waals surface area contributed by atoms with Crippen LogP contribution in [0.1, 0.15) is 43.6 Å². The van der Waals surface area contributed by atoms with Crippen LogP contribution in [-0.4, -0.2) is 57.3 Å². The first-order valence-corrected chi connectivity index (χ1v) is 10.5. The molecule has 3 rings (SSSR count). The molecule has 0 unspecified atom stereocenters. The van der Waals surface area contributed by atoms with Crippen molar-refractivity contribution in [1.82, 2.24) is 4.98 Å². The third kappa shape index (κ3) is 4.87. The van der Waals surface area contributed by atoms with E-state index in [1.54, 1.807) is 33.3 Å². The highest BCUT2D eigenvalue weighted by molar-refractivity contribution is 6.11. The fourth-order valence-corrected chi connectivity index (χ4v) is 3.92. The molecule has 0 spiro atoms. The van der Waals surface area contributed by atoms with Crippen molar-refractivity contribution in [3.63, 3.8) is 0 Å². The van der Waals surface area contributed by atoms with E-state index in [9.17, 15) is 9.59 Å². The summed E-state index contributed by atoms with van der Waals surface area (Å²) in [6, 6.07) is 3.49. The number of fused-ring (bicyclic) bond motifs is 1. The van der Waals surface area contributed by atoms with Crippen LogP contribution < -0.4 is 19.7 Å². The van der Waals surface area contributed by atoms with E-state index >= 15 is 0 Å². The summed E-state index contributed by atoms with van der Waals surface area (Å²) in [7, 11) is 3.09. The van der Waals surface area contributed by atoms with E-state index < -0.39 is 5.97 Å². The number of piperidine rings is 1. The Morgan fingerprint density at radius 2 is 1.83 bits per heavy atom. The Hall–Kier alpha value is -2.74. The van der Waals surface area contributed by atoms with Crippen molar-refractivity contribution < 1.29 is 28.7 Å². The third-order valence-electron chi connectivity index (χ3n) is 5.73. The van der Waals surface area contributed by atoms with Gasteiger partial charge in [-0.3, -0.25) is 4.79 Å². The fraction of sp³-hybridized carbons (Fsp3) is 0.545. The van der Waals surface area contributed by atoms with Crippen molar-refractivity contribution in [2.75, 3.05) is 45.8 Å². The molecule has 0 bridgehead atoms. The number of likely N-dealkylation sites (tertiary alicyclic amines) is 1. The second-order valence-corrected chi connectivity index (χ2v) is 7.83. The molecule has 8 heteroatoms. The number of carbonyl (C=O) groups is 2. The third-order valence-corrected chi connectivity index (χ3v) is 5.73. The first kappa shape index (κ1) is 22.0. The predicted octanol–water partition coefficient (Wildman–Crippen LogP) is 2.01. The van der Waals surface area contributed by atoms with Gasteiger partial charge in [0, 0.05) is 11.5 Å². The number of ether oxygens (including phenoxy) is 3. The Morgan fingerprint density at radius 3 is 2.47 bits per heavy atom. The van der Waals surface area contributed by atoms with E-state index in [4.69, 9.17) is 14.2 Å². The van der Waals surface area contributed by atoms with Crippen molar-refractivity contribution in [2.24, 2.45) is 5.92 Å². The lowest BCUT2D eigenvalue weighted by molar-refractivity contribution is -0.905. The Balaban J connectivity index is 1.83. The number of hydrogen-bond donors (Lipinski definition) is 3. The van der Waals surface area contributed by atoms with Crippen LogP contribution in [0.2, 0.25) is 0 Å². The van der Waals surface area contributed by atoms with Crippen LogP contribution in [0.4, 0.5) is 5.69 Å². The first-order valence-electron chi connectivity index (χ1n) is 10.5. The van der Waals surface area contributed by atoms with Crippen LogP contribution in [0, 0.1) is 5.92 Å². The predicted molar refractivity (Wildman–Crippen MR) is 115 cm³/mol. The second-order valence-electron chi connectivity index (χ2n) is 7.83. The van der Waals surface area contributed by atoms with Crippen molar-refractivity contribution >= 4 is 28.5 Å². The topological polar surface area (TPSA) is 94.1 Å². The number of carbonyl (C=O) groups excluding carboxylic acids is 2. The summed E-state index contributed by atoms with van der Waals surface area (Å²) in [4.78, 5) is 29.7. The lowest BCUT2D eigenvalue weighted by atomic mass is 9.99. The minimum Gasteiger partial charge on any atom is -0.493 e. The van der Waals surface area contributed by atoms with Crippen LogP contribution in [0.5, 0.6) is 11.5 Å². The SMILES string of the molecule is CCOC(=O)c1[nH]c2cc(OC)c(OC)cc2c1NC(=O)CC[NH+]1CCC(C)CC1. The summed E-state index contributed by atoms with van der Waals surface area (Å²) in [6.45, 7) is 7.25. The first-order chi connectivity index (χ1) is 14.5. The van der Waals surface area contributed by atoms with Gasteiger partial charge >= 0.3 is 5.97 Å². The molecular formula is C22H32N3O5+. The van der Waals surface area contributed by atoms with Gasteiger partial charge in [-0.25, -0.2) is 4.79 Å². The van der Waals surface area contributed by atoms with Gasteiger partial charge in [0.15, 0.2) is 11.5 Å². The van der Waals surface area contributed by atoms with Gasteiger partial charge in [-0.1, -0.05) is 6.92 Å². The fourth-order valence-electron chi connectivity index (χ4n) is 3.92. The Labute approximate surface area is 176 Å². The Bertz CT molecular complexity index is 900. The van der Waals surface area contributed by atoms with Crippen LogP contribution in [0.15, 0.2) is 12.1 Å². The number of H-pyrrole nitrogens is 1. The van der Waals surface area contributed by atoms with E-state index in [1.807, 2.05) is 0 Å². The van der Waals surface area contributed by atoms with Crippen molar-refractivity contribution in [3.8, 4) is 11.5 Å². The normalized spacial score (nSPS) is 18.8. The number of methoxy groups -OCH3 is 2. The lowest BCUT2D eigenvalue weighted by Crippen LogP contribution is -3.13. The van der Waals surface area contributed by atoms with E-state index in [-0.39, 0.29) is 18.2 Å². The van der Waals surface area contributed by atoms with Crippen molar-refractivity contribution in [2.45, 2.75) is 33.1 Å². The zero-order valence-corrected chi connectivity index (χ0v) is 18.2. The van der Waals surface area contributed by atoms with E-state index in [0.717, 1.165) is 25.6 Å².